The molecule has 0 atom stereocenters. The van der Waals surface area contributed by atoms with Gasteiger partial charge in [0, 0.05) is 12.3 Å². The minimum atomic E-state index is -0.0625. The van der Waals surface area contributed by atoms with Crippen molar-refractivity contribution < 1.29 is 0 Å². The molecule has 14 heavy (non-hydrogen) atoms. The van der Waals surface area contributed by atoms with Crippen LogP contribution in [0.3, 0.4) is 0 Å². The summed E-state index contributed by atoms with van der Waals surface area (Å²) in [6.07, 6.45) is 1.55. The van der Waals surface area contributed by atoms with E-state index in [0.29, 0.717) is 11.4 Å². The molecule has 0 spiro atoms. The van der Waals surface area contributed by atoms with E-state index in [1.54, 1.807) is 6.20 Å². The highest BCUT2D eigenvalue weighted by Crippen LogP contribution is 2.18. The molecule has 2 rings (SSSR count). The van der Waals surface area contributed by atoms with Gasteiger partial charge >= 0.3 is 0 Å². The molecule has 3 N–H and O–H groups in total. The van der Waals surface area contributed by atoms with Crippen molar-refractivity contribution in [3.05, 3.63) is 52.8 Å². The Hall–Kier alpha value is -2.03. The van der Waals surface area contributed by atoms with Gasteiger partial charge in [0.1, 0.15) is 5.82 Å². The Balaban J connectivity index is 2.69. The third-order valence-corrected chi connectivity index (χ3v) is 2.05. The van der Waals surface area contributed by atoms with Gasteiger partial charge in [-0.2, -0.15) is 0 Å². The van der Waals surface area contributed by atoms with E-state index in [4.69, 9.17) is 5.73 Å². The van der Waals surface area contributed by atoms with E-state index >= 15 is 0 Å². The number of H-pyrrole nitrogens is 1. The lowest BCUT2D eigenvalue weighted by Crippen LogP contribution is -2.07. The largest absolute Gasteiger partial charge is 0.385 e. The second-order valence-electron chi connectivity index (χ2n) is 3.00. The molecule has 0 bridgehead atoms. The number of aromatic nitrogens is 1. The van der Waals surface area contributed by atoms with E-state index in [0.717, 1.165) is 5.56 Å². The lowest BCUT2D eigenvalue weighted by Gasteiger charge is -2.03. The first kappa shape index (κ1) is 8.56. The van der Waals surface area contributed by atoms with Crippen molar-refractivity contribution in [2.24, 2.45) is 0 Å². The van der Waals surface area contributed by atoms with Crippen molar-refractivity contribution in [1.29, 1.82) is 0 Å². The molecule has 0 fully saturated rings. The Labute approximate surface area is 81.2 Å². The summed E-state index contributed by atoms with van der Waals surface area (Å²) in [5, 5.41) is 0. The van der Waals surface area contributed by atoms with Crippen LogP contribution in [0.2, 0.25) is 0 Å². The Morgan fingerprint density at radius 2 is 1.79 bits per heavy atom. The molecule has 0 amide bonds. The first-order valence-corrected chi connectivity index (χ1v) is 4.31. The van der Waals surface area contributed by atoms with Crippen molar-refractivity contribution in [2.45, 2.75) is 0 Å². The van der Waals surface area contributed by atoms with Gasteiger partial charge in [0.25, 0.3) is 0 Å². The second-order valence-corrected chi connectivity index (χ2v) is 3.00. The summed E-state index contributed by atoms with van der Waals surface area (Å²) in [4.78, 5) is 14.4. The molecule has 3 heteroatoms. The van der Waals surface area contributed by atoms with E-state index in [1.807, 2.05) is 30.3 Å². The number of nitrogens with two attached hydrogens (primary N) is 1. The number of pyridine rings is 1. The fourth-order valence-electron chi connectivity index (χ4n) is 1.40. The van der Waals surface area contributed by atoms with Crippen LogP contribution in [0.15, 0.2) is 47.4 Å². The number of anilines is 1. The maximum atomic E-state index is 11.5. The summed E-state index contributed by atoms with van der Waals surface area (Å²) in [7, 11) is 0. The lowest BCUT2D eigenvalue weighted by molar-refractivity contribution is 1.31. The van der Waals surface area contributed by atoms with Gasteiger partial charge in [0.05, 0.1) is 5.56 Å². The number of benzene rings is 1. The number of nitrogens with one attached hydrogen (secondary N) is 1. The van der Waals surface area contributed by atoms with Crippen LogP contribution in [0.5, 0.6) is 0 Å². The summed E-state index contributed by atoms with van der Waals surface area (Å²) in [5.41, 5.74) is 7.01. The van der Waals surface area contributed by atoms with Crippen molar-refractivity contribution >= 4 is 5.82 Å². The number of rotatable bonds is 1. The van der Waals surface area contributed by atoms with E-state index in [9.17, 15) is 4.79 Å². The monoisotopic (exact) mass is 186 g/mol. The maximum absolute atomic E-state index is 11.5. The highest BCUT2D eigenvalue weighted by molar-refractivity contribution is 5.73. The third-order valence-electron chi connectivity index (χ3n) is 2.05. The van der Waals surface area contributed by atoms with Gasteiger partial charge in [0.15, 0.2) is 5.43 Å². The molecule has 1 aromatic heterocycles. The van der Waals surface area contributed by atoms with Crippen molar-refractivity contribution in [1.82, 2.24) is 4.98 Å². The maximum Gasteiger partial charge on any atom is 0.191 e. The summed E-state index contributed by atoms with van der Waals surface area (Å²) in [6, 6.07) is 10.8. The van der Waals surface area contributed by atoms with E-state index in [2.05, 4.69) is 4.98 Å². The smallest absolute Gasteiger partial charge is 0.191 e. The van der Waals surface area contributed by atoms with Crippen molar-refractivity contribution in [3.8, 4) is 11.1 Å². The van der Waals surface area contributed by atoms with Crippen LogP contribution in [0.25, 0.3) is 11.1 Å². The molecule has 0 aliphatic carbocycles. The van der Waals surface area contributed by atoms with Crippen LogP contribution < -0.4 is 11.2 Å². The molecule has 0 unspecified atom stereocenters. The average Bonchev–Trinajstić information content (AvgIpc) is 2.19. The quantitative estimate of drug-likeness (QED) is 0.711. The first-order valence-electron chi connectivity index (χ1n) is 4.31. The zero-order valence-electron chi connectivity index (χ0n) is 7.53. The number of nitrogen functional groups attached to an aromatic ring is 1. The standard InChI is InChI=1S/C11H10N2O/c12-11-10(9(14)6-7-13-11)8-4-2-1-3-5-8/h1-7H,(H3,12,13,14). The summed E-state index contributed by atoms with van der Waals surface area (Å²) in [5.74, 6) is 0.406. The van der Waals surface area contributed by atoms with Crippen molar-refractivity contribution in [2.75, 3.05) is 5.73 Å². The molecule has 70 valence electrons. The van der Waals surface area contributed by atoms with Gasteiger partial charge in [-0.05, 0) is 5.56 Å². The topological polar surface area (TPSA) is 58.9 Å². The summed E-state index contributed by atoms with van der Waals surface area (Å²) >= 11 is 0. The molecule has 2 aromatic rings. The Morgan fingerprint density at radius 3 is 2.43 bits per heavy atom. The zero-order chi connectivity index (χ0) is 9.97. The highest BCUT2D eigenvalue weighted by atomic mass is 16.1. The lowest BCUT2D eigenvalue weighted by atomic mass is 10.1. The normalized spacial score (nSPS) is 10.0. The SMILES string of the molecule is Nc1[nH]ccc(=O)c1-c1ccccc1. The first-order chi connectivity index (χ1) is 6.79. The van der Waals surface area contributed by atoms with E-state index in [-0.39, 0.29) is 5.43 Å². The highest BCUT2D eigenvalue weighted by Gasteiger charge is 2.05. The molecule has 0 saturated carbocycles. The number of hydrogen-bond acceptors (Lipinski definition) is 2. The van der Waals surface area contributed by atoms with Gasteiger partial charge in [-0.3, -0.25) is 4.79 Å². The molecule has 0 saturated heterocycles. The minimum Gasteiger partial charge on any atom is -0.385 e. The number of hydrogen-bond donors (Lipinski definition) is 2. The van der Waals surface area contributed by atoms with Crippen LogP contribution in [-0.2, 0) is 0 Å². The molecule has 1 heterocycles. The molecule has 0 aliphatic rings. The zero-order valence-corrected chi connectivity index (χ0v) is 7.53. The molecule has 3 nitrogen and oxygen atoms in total. The van der Waals surface area contributed by atoms with E-state index in [1.165, 1.54) is 6.07 Å². The predicted octanol–water partition coefficient (Wildman–Crippen LogP) is 1.62. The Kier molecular flexibility index (Phi) is 2.07. The third kappa shape index (κ3) is 1.40. The second kappa shape index (κ2) is 3.38. The Bertz CT molecular complexity index is 488. The molecule has 1 aromatic carbocycles. The summed E-state index contributed by atoms with van der Waals surface area (Å²) < 4.78 is 0. The molecule has 0 aliphatic heterocycles. The van der Waals surface area contributed by atoms with Crippen LogP contribution in [-0.4, -0.2) is 4.98 Å². The fraction of sp³-hybridized carbons (Fsp3) is 0. The average molecular weight is 186 g/mol. The van der Waals surface area contributed by atoms with Gasteiger partial charge in [-0.25, -0.2) is 0 Å². The van der Waals surface area contributed by atoms with Crippen LogP contribution in [0, 0.1) is 0 Å². The minimum absolute atomic E-state index is 0.0625. The van der Waals surface area contributed by atoms with Crippen molar-refractivity contribution in [3.63, 3.8) is 0 Å². The molecule has 0 radical (unpaired) electrons. The molecular weight excluding hydrogens is 176 g/mol. The Morgan fingerprint density at radius 1 is 1.07 bits per heavy atom. The fourth-order valence-corrected chi connectivity index (χ4v) is 1.40. The van der Waals surface area contributed by atoms with Gasteiger partial charge < -0.3 is 10.7 Å². The van der Waals surface area contributed by atoms with Gasteiger partial charge in [-0.15, -0.1) is 0 Å². The van der Waals surface area contributed by atoms with Gasteiger partial charge in [0.2, 0.25) is 0 Å². The molecular formula is C11H10N2O. The van der Waals surface area contributed by atoms with Crippen LogP contribution >= 0.6 is 0 Å². The predicted molar refractivity (Wildman–Crippen MR) is 56.9 cm³/mol. The number of aromatic amines is 1. The van der Waals surface area contributed by atoms with Crippen LogP contribution in [0.1, 0.15) is 0 Å². The van der Waals surface area contributed by atoms with E-state index < -0.39 is 0 Å². The summed E-state index contributed by atoms with van der Waals surface area (Å²) in [6.45, 7) is 0. The van der Waals surface area contributed by atoms with Gasteiger partial charge in [-0.1, -0.05) is 30.3 Å². The van der Waals surface area contributed by atoms with Crippen LogP contribution in [0.4, 0.5) is 5.82 Å².